The van der Waals surface area contributed by atoms with E-state index < -0.39 is 50.6 Å². The van der Waals surface area contributed by atoms with Crippen molar-refractivity contribution in [1.29, 1.82) is 0 Å². The summed E-state index contributed by atoms with van der Waals surface area (Å²) in [7, 11) is -3.93. The van der Waals surface area contributed by atoms with Crippen molar-refractivity contribution in [3.8, 4) is 0 Å². The van der Waals surface area contributed by atoms with E-state index in [2.05, 4.69) is 10.3 Å². The van der Waals surface area contributed by atoms with Crippen LogP contribution in [-0.4, -0.2) is 113 Å². The first-order valence-corrected chi connectivity index (χ1v) is 18.7. The highest BCUT2D eigenvalue weighted by atomic mass is 32.2. The third-order valence-electron chi connectivity index (χ3n) is 9.24. The second-order valence-corrected chi connectivity index (χ2v) is 15.6. The summed E-state index contributed by atoms with van der Waals surface area (Å²) in [5.41, 5.74) is -1.42. The Hall–Kier alpha value is -3.62. The number of carbonyl (C=O) groups is 4. The molecule has 1 saturated heterocycles. The van der Waals surface area contributed by atoms with E-state index in [4.69, 9.17) is 9.15 Å². The van der Waals surface area contributed by atoms with Crippen LogP contribution in [0.5, 0.6) is 0 Å². The molecule has 0 aliphatic carbocycles. The Morgan fingerprint density at radius 1 is 1.16 bits per heavy atom. The number of fused-ring (bicyclic) bond motifs is 3. The van der Waals surface area contributed by atoms with Crippen LogP contribution in [0.25, 0.3) is 0 Å². The molecule has 2 amide bonds. The van der Waals surface area contributed by atoms with Gasteiger partial charge in [0.2, 0.25) is 11.8 Å². The van der Waals surface area contributed by atoms with Gasteiger partial charge in [-0.25, -0.2) is 18.2 Å². The summed E-state index contributed by atoms with van der Waals surface area (Å²) in [4.78, 5) is 60.9. The van der Waals surface area contributed by atoms with Crippen molar-refractivity contribution in [2.24, 2.45) is 11.8 Å². The van der Waals surface area contributed by atoms with Crippen LogP contribution in [0, 0.1) is 11.8 Å². The number of ketones is 1. The smallest absolute Gasteiger partial charge is 0.333 e. The van der Waals surface area contributed by atoms with E-state index in [9.17, 15) is 32.7 Å². The molecule has 0 spiro atoms. The van der Waals surface area contributed by atoms with E-state index in [0.717, 1.165) is 6.26 Å². The Morgan fingerprint density at radius 2 is 1.86 bits per heavy atom. The van der Waals surface area contributed by atoms with Crippen LogP contribution in [0.15, 0.2) is 46.6 Å². The lowest BCUT2D eigenvalue weighted by Crippen LogP contribution is -2.60. The molecule has 0 radical (unpaired) electrons. The largest absolute Gasteiger partial charge is 0.460 e. The number of allylic oxidation sites excluding steroid dienone is 2. The average molecular weight is 705 g/mol. The van der Waals surface area contributed by atoms with Crippen LogP contribution in [0.2, 0.25) is 0 Å². The van der Waals surface area contributed by atoms with Crippen molar-refractivity contribution >= 4 is 33.4 Å². The fraction of sp³-hybridized carbons (Fsp3) is 0.629. The number of nitrogens with zero attached hydrogens (tertiary/aromatic N) is 3. The molecule has 2 aliphatic heterocycles. The van der Waals surface area contributed by atoms with Gasteiger partial charge >= 0.3 is 5.97 Å². The maximum absolute atomic E-state index is 14.3. The van der Waals surface area contributed by atoms with E-state index in [1.54, 1.807) is 32.1 Å². The van der Waals surface area contributed by atoms with Crippen molar-refractivity contribution in [2.75, 3.05) is 38.5 Å². The van der Waals surface area contributed by atoms with E-state index in [1.165, 1.54) is 24.0 Å². The Labute approximate surface area is 289 Å². The molecule has 1 aromatic heterocycles. The summed E-state index contributed by atoms with van der Waals surface area (Å²) >= 11 is 0. The fourth-order valence-corrected chi connectivity index (χ4v) is 8.57. The number of aromatic nitrogens is 1. The number of ether oxygens (including phenoxy) is 1. The molecule has 2 aliphatic rings. The Kier molecular flexibility index (Phi) is 14.1. The summed E-state index contributed by atoms with van der Waals surface area (Å²) in [5.74, 6) is -3.31. The molecule has 1 fully saturated rings. The predicted molar refractivity (Wildman–Crippen MR) is 184 cm³/mol. The third-order valence-corrected chi connectivity index (χ3v) is 11.5. The van der Waals surface area contributed by atoms with Gasteiger partial charge in [-0.15, -0.1) is 0 Å². The number of Topliss-reactive ketones (excluding diaryl/α,β-unsaturated/α-hetero) is 1. The fourth-order valence-electron chi connectivity index (χ4n) is 6.38. The zero-order chi connectivity index (χ0) is 36.5. The van der Waals surface area contributed by atoms with E-state index >= 15 is 0 Å². The lowest BCUT2D eigenvalue weighted by atomic mass is 9.92. The number of aliphatic hydroxyl groups is 1. The average Bonchev–Trinajstić information content (AvgIpc) is 3.65. The third kappa shape index (κ3) is 10.2. The number of sulfone groups is 1. The summed E-state index contributed by atoms with van der Waals surface area (Å²) in [6.45, 7) is 14.3. The van der Waals surface area contributed by atoms with Crippen molar-refractivity contribution < 1.29 is 41.9 Å². The van der Waals surface area contributed by atoms with Gasteiger partial charge in [0.15, 0.2) is 21.1 Å². The number of rotatable bonds is 7. The molecular weight excluding hydrogens is 652 g/mol. The zero-order valence-electron chi connectivity index (χ0n) is 29.7. The molecule has 0 aromatic carbocycles. The number of cyclic esters (lactones) is 1. The second kappa shape index (κ2) is 17.3. The van der Waals surface area contributed by atoms with Gasteiger partial charge in [0.1, 0.15) is 18.2 Å². The maximum Gasteiger partial charge on any atom is 0.333 e. The number of hydrogen-bond donors (Lipinski definition) is 2. The zero-order valence-corrected chi connectivity index (χ0v) is 30.5. The Balaban J connectivity index is 2.06. The van der Waals surface area contributed by atoms with Crippen LogP contribution in [0.4, 0.5) is 0 Å². The highest BCUT2D eigenvalue weighted by Gasteiger charge is 2.59. The van der Waals surface area contributed by atoms with Gasteiger partial charge < -0.3 is 29.4 Å². The lowest BCUT2D eigenvalue weighted by Gasteiger charge is -2.38. The molecule has 3 rings (SSSR count). The highest BCUT2D eigenvalue weighted by Crippen LogP contribution is 2.38. The number of amides is 2. The number of oxazole rings is 1. The summed E-state index contributed by atoms with van der Waals surface area (Å²) < 4.78 is 39.4. The molecule has 49 heavy (non-hydrogen) atoms. The number of hydrogen-bond acceptors (Lipinski definition) is 11. The topological polar surface area (TPSA) is 176 Å². The molecule has 0 saturated carbocycles. The quantitative estimate of drug-likeness (QED) is 0.399. The summed E-state index contributed by atoms with van der Waals surface area (Å²) in [6.07, 6.45) is 6.63. The molecule has 1 aromatic rings. The summed E-state index contributed by atoms with van der Waals surface area (Å²) in [6, 6.07) is 0. The maximum atomic E-state index is 14.3. The molecular formula is C35H52N4O9S. The molecule has 14 heteroatoms. The highest BCUT2D eigenvalue weighted by molar-refractivity contribution is 7.92. The van der Waals surface area contributed by atoms with Crippen LogP contribution < -0.4 is 5.32 Å². The first-order chi connectivity index (χ1) is 23.0. The van der Waals surface area contributed by atoms with Gasteiger partial charge in [0.25, 0.3) is 5.91 Å². The molecule has 5 atom stereocenters. The number of carbonyl (C=O) groups excluding carboxylic acids is 4. The van der Waals surface area contributed by atoms with Gasteiger partial charge in [-0.3, -0.25) is 14.4 Å². The van der Waals surface area contributed by atoms with Gasteiger partial charge in [-0.05, 0) is 45.4 Å². The minimum Gasteiger partial charge on any atom is -0.460 e. The lowest BCUT2D eigenvalue weighted by molar-refractivity contribution is -0.164. The van der Waals surface area contributed by atoms with Crippen molar-refractivity contribution in [3.63, 3.8) is 0 Å². The minimum atomic E-state index is -3.93. The SMILES string of the molecule is CCN(CC)CCS(=O)(=O)C1CCN2C(=O)c3coc(n3)CC(=O)CC(O)C=C(C)C=CCNC(=O)C=C[C@@H](C)C(C(C)C)OC(=O)C12C. The molecule has 3 heterocycles. The van der Waals surface area contributed by atoms with Gasteiger partial charge in [0.05, 0.1) is 23.5 Å². The first kappa shape index (κ1) is 39.8. The van der Waals surface area contributed by atoms with Crippen LogP contribution >= 0.6 is 0 Å². The normalized spacial score (nSPS) is 26.9. The molecule has 2 N–H and O–H groups in total. The predicted octanol–water partition coefficient (Wildman–Crippen LogP) is 2.66. The van der Waals surface area contributed by atoms with Gasteiger partial charge in [0, 0.05) is 32.0 Å². The van der Waals surface area contributed by atoms with E-state index in [0.29, 0.717) is 18.7 Å². The van der Waals surface area contributed by atoms with E-state index in [-0.39, 0.29) is 73.8 Å². The van der Waals surface area contributed by atoms with Gasteiger partial charge in [-0.2, -0.15) is 0 Å². The van der Waals surface area contributed by atoms with Crippen molar-refractivity contribution in [2.45, 2.75) is 90.7 Å². The molecule has 2 bridgehead atoms. The molecule has 13 nitrogen and oxygen atoms in total. The monoisotopic (exact) mass is 704 g/mol. The van der Waals surface area contributed by atoms with Crippen LogP contribution in [0.3, 0.4) is 0 Å². The van der Waals surface area contributed by atoms with Crippen LogP contribution in [0.1, 0.15) is 77.7 Å². The second-order valence-electron chi connectivity index (χ2n) is 13.3. The Bertz CT molecular complexity index is 1540. The number of nitrogens with one attached hydrogen (secondary N) is 1. The van der Waals surface area contributed by atoms with Crippen LogP contribution in [-0.2, 0) is 35.4 Å². The number of esters is 1. The molecule has 4 unspecified atom stereocenters. The summed E-state index contributed by atoms with van der Waals surface area (Å²) in [5, 5.41) is 11.9. The number of aliphatic hydroxyl groups excluding tert-OH is 1. The standard InChI is InChI=1S/C35H52N4O9S/c1-8-38(9-2)17-18-49(45,46)29-14-16-39-33(43)28-22-47-31(37-28)21-27(41)20-26(40)19-24(5)11-10-15-36-30(42)13-12-25(6)32(23(3)4)48-34(44)35(29,39)7/h10-13,19,22-23,25-26,29,32,40H,8-9,14-18,20-21H2,1-7H3,(H,36,42)/t25-,26?,29?,32?,35?/m1/s1. The Morgan fingerprint density at radius 3 is 2.51 bits per heavy atom. The minimum absolute atomic E-state index is 0.00234. The van der Waals surface area contributed by atoms with Gasteiger partial charge in [-0.1, -0.05) is 64.5 Å². The van der Waals surface area contributed by atoms with Crippen molar-refractivity contribution in [1.82, 2.24) is 20.1 Å². The van der Waals surface area contributed by atoms with Crippen molar-refractivity contribution in [3.05, 3.63) is 53.8 Å². The first-order valence-electron chi connectivity index (χ1n) is 16.9. The molecule has 272 valence electrons. The van der Waals surface area contributed by atoms with E-state index in [1.807, 2.05) is 32.6 Å².